The van der Waals surface area contributed by atoms with Crippen LogP contribution in [0.15, 0.2) is 36.5 Å². The molecule has 2 aromatic rings. The largest absolute Gasteiger partial charge is 0.492 e. The summed E-state index contributed by atoms with van der Waals surface area (Å²) in [4.78, 5) is 4.34. The number of hydrogen-bond acceptors (Lipinski definition) is 2. The highest BCUT2D eigenvalue weighted by molar-refractivity contribution is 5.79. The molecule has 0 N–H and O–H groups in total. The summed E-state index contributed by atoms with van der Waals surface area (Å²) in [5.41, 5.74) is 1.01. The lowest BCUT2D eigenvalue weighted by Gasteiger charge is -2.06. The fourth-order valence-corrected chi connectivity index (χ4v) is 1.60. The molecule has 0 bridgehead atoms. The van der Waals surface area contributed by atoms with Crippen molar-refractivity contribution in [3.8, 4) is 5.75 Å². The highest BCUT2D eigenvalue weighted by Crippen LogP contribution is 2.17. The average Bonchev–Trinajstić information content (AvgIpc) is 2.34. The molecule has 0 saturated heterocycles. The van der Waals surface area contributed by atoms with Gasteiger partial charge in [-0.05, 0) is 18.6 Å². The van der Waals surface area contributed by atoms with Gasteiger partial charge in [-0.15, -0.1) is 0 Å². The Morgan fingerprint density at radius 3 is 2.94 bits per heavy atom. The first kappa shape index (κ1) is 10.9. The van der Waals surface area contributed by atoms with E-state index in [-0.39, 0.29) is 0 Å². The van der Waals surface area contributed by atoms with Crippen molar-refractivity contribution >= 4 is 10.9 Å². The first-order valence-electron chi connectivity index (χ1n) is 5.67. The fourth-order valence-electron chi connectivity index (χ4n) is 1.60. The molecule has 0 saturated carbocycles. The number of rotatable bonds is 5. The van der Waals surface area contributed by atoms with Gasteiger partial charge in [0.05, 0.1) is 18.3 Å². The Balaban J connectivity index is 2.02. The second kappa shape index (κ2) is 5.50. The molecule has 0 unspecified atom stereocenters. The molecule has 0 amide bonds. The molecule has 1 heterocycles. The second-order valence-corrected chi connectivity index (χ2v) is 3.77. The molecule has 1 radical (unpaired) electrons. The second-order valence-electron chi connectivity index (χ2n) is 3.77. The van der Waals surface area contributed by atoms with Crippen LogP contribution in [-0.2, 0) is 0 Å². The zero-order chi connectivity index (χ0) is 11.2. The van der Waals surface area contributed by atoms with Gasteiger partial charge in [0.1, 0.15) is 5.75 Å². The number of aromatic nitrogens is 1. The summed E-state index contributed by atoms with van der Waals surface area (Å²) in [5, 5.41) is 1.12. The predicted octanol–water partition coefficient (Wildman–Crippen LogP) is 3.62. The molecule has 0 spiro atoms. The summed E-state index contributed by atoms with van der Waals surface area (Å²) in [7, 11) is 0. The summed E-state index contributed by atoms with van der Waals surface area (Å²) in [6, 6.07) is 10.1. The van der Waals surface area contributed by atoms with Gasteiger partial charge in [0, 0.05) is 5.39 Å². The number of fused-ring (bicyclic) bond motifs is 1. The van der Waals surface area contributed by atoms with E-state index in [1.807, 2.05) is 30.3 Å². The van der Waals surface area contributed by atoms with Gasteiger partial charge in [0.25, 0.3) is 0 Å². The van der Waals surface area contributed by atoms with Crippen molar-refractivity contribution in [1.29, 1.82) is 0 Å². The smallest absolute Gasteiger partial charge is 0.138 e. The van der Waals surface area contributed by atoms with Gasteiger partial charge >= 0.3 is 0 Å². The minimum atomic E-state index is 0.746. The van der Waals surface area contributed by atoms with Crippen LogP contribution < -0.4 is 4.74 Å². The number of ether oxygens (including phenoxy) is 1. The maximum Gasteiger partial charge on any atom is 0.138 e. The van der Waals surface area contributed by atoms with E-state index in [4.69, 9.17) is 4.74 Å². The topological polar surface area (TPSA) is 22.1 Å². The van der Waals surface area contributed by atoms with Crippen molar-refractivity contribution in [2.24, 2.45) is 0 Å². The molecule has 1 aromatic carbocycles. The minimum absolute atomic E-state index is 0.746. The molecule has 2 nitrogen and oxygen atoms in total. The van der Waals surface area contributed by atoms with Gasteiger partial charge in [-0.25, -0.2) is 0 Å². The van der Waals surface area contributed by atoms with E-state index >= 15 is 0 Å². The first-order valence-corrected chi connectivity index (χ1v) is 5.67. The monoisotopic (exact) mass is 214 g/mol. The first-order chi connectivity index (χ1) is 7.90. The SMILES string of the molecule is [CH2]CCCCOc1cnc2ccccc2c1. The van der Waals surface area contributed by atoms with E-state index < -0.39 is 0 Å². The van der Waals surface area contributed by atoms with Gasteiger partial charge in [-0.1, -0.05) is 38.0 Å². The molecular formula is C14H16NO. The Labute approximate surface area is 96.3 Å². The van der Waals surface area contributed by atoms with Crippen LogP contribution in [0.5, 0.6) is 5.75 Å². The zero-order valence-corrected chi connectivity index (χ0v) is 9.36. The van der Waals surface area contributed by atoms with Gasteiger partial charge in [0.2, 0.25) is 0 Å². The van der Waals surface area contributed by atoms with E-state index in [1.54, 1.807) is 6.20 Å². The van der Waals surface area contributed by atoms with Crippen LogP contribution in [0.3, 0.4) is 0 Å². The highest BCUT2D eigenvalue weighted by Gasteiger charge is 1.97. The van der Waals surface area contributed by atoms with Gasteiger partial charge < -0.3 is 4.74 Å². The molecule has 83 valence electrons. The molecule has 0 fully saturated rings. The maximum absolute atomic E-state index is 5.63. The number of nitrogens with zero attached hydrogens (tertiary/aromatic N) is 1. The van der Waals surface area contributed by atoms with E-state index in [0.29, 0.717) is 0 Å². The lowest BCUT2D eigenvalue weighted by molar-refractivity contribution is 0.306. The van der Waals surface area contributed by atoms with Gasteiger partial charge in [-0.3, -0.25) is 4.98 Å². The molecule has 2 heteroatoms. The Morgan fingerprint density at radius 1 is 1.19 bits per heavy atom. The van der Waals surface area contributed by atoms with E-state index in [9.17, 15) is 0 Å². The molecule has 0 aliphatic rings. The molecule has 1 aromatic heterocycles. The highest BCUT2D eigenvalue weighted by atomic mass is 16.5. The Kier molecular flexibility index (Phi) is 3.76. The molecular weight excluding hydrogens is 198 g/mol. The fraction of sp³-hybridized carbons (Fsp3) is 0.286. The summed E-state index contributed by atoms with van der Waals surface area (Å²) in [6.07, 6.45) is 4.92. The normalized spacial score (nSPS) is 10.6. The standard InChI is InChI=1S/C14H16NO/c1-2-3-6-9-16-13-10-12-7-4-5-8-14(12)15-11-13/h4-5,7-8,10-11H,1-3,6,9H2. The number of para-hydroxylation sites is 1. The van der Waals surface area contributed by atoms with E-state index in [0.717, 1.165) is 42.5 Å². The van der Waals surface area contributed by atoms with Crippen LogP contribution in [0.1, 0.15) is 19.3 Å². The third-order valence-electron chi connectivity index (χ3n) is 2.48. The molecule has 0 aliphatic carbocycles. The number of pyridine rings is 1. The Morgan fingerprint density at radius 2 is 2.06 bits per heavy atom. The number of benzene rings is 1. The Hall–Kier alpha value is -1.57. The predicted molar refractivity (Wildman–Crippen MR) is 66.4 cm³/mol. The number of unbranched alkanes of at least 4 members (excludes halogenated alkanes) is 2. The molecule has 2 rings (SSSR count). The lowest BCUT2D eigenvalue weighted by Crippen LogP contribution is -1.97. The lowest BCUT2D eigenvalue weighted by atomic mass is 10.2. The van der Waals surface area contributed by atoms with Crippen molar-refractivity contribution in [3.05, 3.63) is 43.5 Å². The quantitative estimate of drug-likeness (QED) is 0.709. The Bertz CT molecular complexity index is 453. The van der Waals surface area contributed by atoms with E-state index in [1.165, 1.54) is 0 Å². The van der Waals surface area contributed by atoms with Crippen molar-refractivity contribution in [2.75, 3.05) is 6.61 Å². The maximum atomic E-state index is 5.63. The molecule has 16 heavy (non-hydrogen) atoms. The van der Waals surface area contributed by atoms with Crippen LogP contribution in [0, 0.1) is 6.92 Å². The van der Waals surface area contributed by atoms with Crippen molar-refractivity contribution in [2.45, 2.75) is 19.3 Å². The van der Waals surface area contributed by atoms with Crippen molar-refractivity contribution in [3.63, 3.8) is 0 Å². The summed E-state index contributed by atoms with van der Waals surface area (Å²) in [6.45, 7) is 4.55. The summed E-state index contributed by atoms with van der Waals surface area (Å²) in [5.74, 6) is 0.850. The van der Waals surface area contributed by atoms with Crippen molar-refractivity contribution in [1.82, 2.24) is 4.98 Å². The van der Waals surface area contributed by atoms with Crippen LogP contribution in [0.25, 0.3) is 10.9 Å². The number of hydrogen-bond donors (Lipinski definition) is 0. The van der Waals surface area contributed by atoms with E-state index in [2.05, 4.69) is 11.9 Å². The minimum Gasteiger partial charge on any atom is -0.492 e. The van der Waals surface area contributed by atoms with Crippen molar-refractivity contribution < 1.29 is 4.74 Å². The summed E-state index contributed by atoms with van der Waals surface area (Å²) >= 11 is 0. The summed E-state index contributed by atoms with van der Waals surface area (Å²) < 4.78 is 5.63. The van der Waals surface area contributed by atoms with Gasteiger partial charge in [-0.2, -0.15) is 0 Å². The molecule has 0 atom stereocenters. The van der Waals surface area contributed by atoms with Crippen LogP contribution >= 0.6 is 0 Å². The average molecular weight is 214 g/mol. The third kappa shape index (κ3) is 2.72. The molecule has 0 aliphatic heterocycles. The van der Waals surface area contributed by atoms with Crippen LogP contribution in [-0.4, -0.2) is 11.6 Å². The van der Waals surface area contributed by atoms with Gasteiger partial charge in [0.15, 0.2) is 0 Å². The zero-order valence-electron chi connectivity index (χ0n) is 9.36. The van der Waals surface area contributed by atoms with Crippen LogP contribution in [0.4, 0.5) is 0 Å². The van der Waals surface area contributed by atoms with Crippen LogP contribution in [0.2, 0.25) is 0 Å². The third-order valence-corrected chi connectivity index (χ3v) is 2.48.